The van der Waals surface area contributed by atoms with Gasteiger partial charge in [-0.3, -0.25) is 9.89 Å². The largest absolute Gasteiger partial charge is 0.493 e. The molecule has 6 nitrogen and oxygen atoms in total. The molecule has 2 aromatic carbocycles. The molecule has 2 heterocycles. The zero-order valence-electron chi connectivity index (χ0n) is 17.0. The second-order valence-corrected chi connectivity index (χ2v) is 8.19. The molecule has 0 saturated heterocycles. The molecule has 0 saturated carbocycles. The molecule has 0 fully saturated rings. The molecule has 152 valence electrons. The summed E-state index contributed by atoms with van der Waals surface area (Å²) in [5.74, 6) is 0.742. The Bertz CT molecular complexity index is 1250. The summed E-state index contributed by atoms with van der Waals surface area (Å²) in [6.45, 7) is 4.78. The van der Waals surface area contributed by atoms with Crippen LogP contribution in [0.3, 0.4) is 0 Å². The minimum absolute atomic E-state index is 0.0294. The van der Waals surface area contributed by atoms with E-state index in [1.54, 1.807) is 6.20 Å². The van der Waals surface area contributed by atoms with Gasteiger partial charge in [0.05, 0.1) is 17.9 Å². The first kappa shape index (κ1) is 18.6. The fourth-order valence-corrected chi connectivity index (χ4v) is 4.34. The van der Waals surface area contributed by atoms with Crippen LogP contribution in [0.5, 0.6) is 5.75 Å². The van der Waals surface area contributed by atoms with Gasteiger partial charge in [0.1, 0.15) is 5.75 Å². The van der Waals surface area contributed by atoms with Crippen LogP contribution in [0.1, 0.15) is 47.4 Å². The van der Waals surface area contributed by atoms with Crippen molar-refractivity contribution < 1.29 is 14.6 Å². The molecule has 0 atom stereocenters. The highest BCUT2D eigenvalue weighted by Crippen LogP contribution is 2.45. The van der Waals surface area contributed by atoms with Gasteiger partial charge in [-0.05, 0) is 35.9 Å². The van der Waals surface area contributed by atoms with Crippen molar-refractivity contribution in [3.05, 3.63) is 71.0 Å². The summed E-state index contributed by atoms with van der Waals surface area (Å²) in [5.41, 5.74) is 5.81. The summed E-state index contributed by atoms with van der Waals surface area (Å²) in [7, 11) is 0. The molecule has 0 aliphatic heterocycles. The monoisotopic (exact) mass is 401 g/mol. The summed E-state index contributed by atoms with van der Waals surface area (Å²) in [5, 5.41) is 16.9. The Labute approximate surface area is 173 Å². The maximum Gasteiger partial charge on any atom is 0.195 e. The van der Waals surface area contributed by atoms with E-state index < -0.39 is 0 Å². The number of aromatic amines is 2. The molecular formula is C24H23N3O3. The molecule has 4 aromatic rings. The van der Waals surface area contributed by atoms with E-state index >= 15 is 0 Å². The van der Waals surface area contributed by atoms with Crippen molar-refractivity contribution in [2.75, 3.05) is 13.2 Å². The van der Waals surface area contributed by atoms with Crippen molar-refractivity contribution in [3.63, 3.8) is 0 Å². The third-order valence-electron chi connectivity index (χ3n) is 5.94. The number of rotatable bonds is 5. The first-order valence-electron chi connectivity index (χ1n) is 10.1. The molecular weight excluding hydrogens is 378 g/mol. The predicted octanol–water partition coefficient (Wildman–Crippen LogP) is 4.19. The zero-order chi connectivity index (χ0) is 20.9. The van der Waals surface area contributed by atoms with Crippen molar-refractivity contribution >= 4 is 16.7 Å². The van der Waals surface area contributed by atoms with Crippen molar-refractivity contribution in [2.45, 2.75) is 25.7 Å². The molecule has 0 radical (unpaired) electrons. The lowest BCUT2D eigenvalue weighted by Crippen LogP contribution is -2.30. The van der Waals surface area contributed by atoms with Gasteiger partial charge in [0, 0.05) is 52.4 Å². The first-order chi connectivity index (χ1) is 14.5. The number of benzene rings is 2. The quantitative estimate of drug-likeness (QED) is 0.437. The van der Waals surface area contributed by atoms with E-state index in [9.17, 15) is 4.79 Å². The van der Waals surface area contributed by atoms with Gasteiger partial charge in [0.15, 0.2) is 5.78 Å². The van der Waals surface area contributed by atoms with Crippen LogP contribution in [0.25, 0.3) is 22.2 Å². The van der Waals surface area contributed by atoms with Gasteiger partial charge in [-0.2, -0.15) is 5.10 Å². The SMILES string of the molecule is CC1(C)c2cc(OCCCO)ccc2C(=O)c2c1[nH]c1cc(-c3ccn[nH]3)ccc21. The number of nitrogens with one attached hydrogen (secondary N) is 2. The van der Waals surface area contributed by atoms with Crippen molar-refractivity contribution in [1.29, 1.82) is 0 Å². The van der Waals surface area contributed by atoms with Crippen LogP contribution < -0.4 is 4.74 Å². The number of ketones is 1. The number of carbonyl (C=O) groups excluding carboxylic acids is 1. The lowest BCUT2D eigenvalue weighted by molar-refractivity contribution is 0.103. The van der Waals surface area contributed by atoms with Crippen molar-refractivity contribution in [1.82, 2.24) is 15.2 Å². The van der Waals surface area contributed by atoms with E-state index in [4.69, 9.17) is 9.84 Å². The van der Waals surface area contributed by atoms with E-state index in [2.05, 4.69) is 35.1 Å². The van der Waals surface area contributed by atoms with E-state index in [1.807, 2.05) is 36.4 Å². The number of hydrogen-bond donors (Lipinski definition) is 3. The van der Waals surface area contributed by atoms with Crippen molar-refractivity contribution in [2.24, 2.45) is 0 Å². The van der Waals surface area contributed by atoms with Crippen molar-refractivity contribution in [3.8, 4) is 17.0 Å². The third kappa shape index (κ3) is 2.75. The minimum atomic E-state index is -0.387. The van der Waals surface area contributed by atoms with Crippen LogP contribution in [0.2, 0.25) is 0 Å². The molecule has 1 aliphatic rings. The second kappa shape index (κ2) is 6.85. The average Bonchev–Trinajstić information content (AvgIpc) is 3.40. The van der Waals surface area contributed by atoms with Gasteiger partial charge in [0.2, 0.25) is 0 Å². The zero-order valence-corrected chi connectivity index (χ0v) is 17.0. The molecule has 6 heteroatoms. The molecule has 0 amide bonds. The van der Waals surface area contributed by atoms with Gasteiger partial charge in [-0.15, -0.1) is 0 Å². The lowest BCUT2D eigenvalue weighted by Gasteiger charge is -2.32. The average molecular weight is 401 g/mol. The summed E-state index contributed by atoms with van der Waals surface area (Å²) >= 11 is 0. The molecule has 30 heavy (non-hydrogen) atoms. The van der Waals surface area contributed by atoms with Gasteiger partial charge < -0.3 is 14.8 Å². The molecule has 2 aromatic heterocycles. The van der Waals surface area contributed by atoms with Gasteiger partial charge >= 0.3 is 0 Å². The molecule has 1 aliphatic carbocycles. The number of aliphatic hydroxyl groups excluding tert-OH is 1. The summed E-state index contributed by atoms with van der Waals surface area (Å²) < 4.78 is 5.75. The van der Waals surface area contributed by atoms with E-state index in [1.165, 1.54) is 0 Å². The molecule has 0 spiro atoms. The molecule has 0 bridgehead atoms. The normalized spacial score (nSPS) is 14.6. The number of ether oxygens (including phenoxy) is 1. The van der Waals surface area contributed by atoms with Crippen LogP contribution in [0.4, 0.5) is 0 Å². The van der Waals surface area contributed by atoms with Crippen LogP contribution in [0, 0.1) is 0 Å². The highest BCUT2D eigenvalue weighted by Gasteiger charge is 2.39. The maximum atomic E-state index is 13.4. The minimum Gasteiger partial charge on any atom is -0.493 e. The number of aromatic nitrogens is 3. The van der Waals surface area contributed by atoms with Gasteiger partial charge in [-0.25, -0.2) is 0 Å². The number of carbonyl (C=O) groups is 1. The maximum absolute atomic E-state index is 13.4. The van der Waals surface area contributed by atoms with E-state index in [0.717, 1.165) is 39.0 Å². The standard InChI is InChI=1S/C24H23N3O3/c1-24(2)18-13-15(30-11-3-10-28)5-7-16(18)22(29)21-17-6-4-14(19-8-9-25-27-19)12-20(17)26-23(21)24/h4-9,12-13,26,28H,3,10-11H2,1-2H3,(H,25,27). The predicted molar refractivity (Wildman–Crippen MR) is 115 cm³/mol. The van der Waals surface area contributed by atoms with Crippen LogP contribution in [-0.4, -0.2) is 39.3 Å². The van der Waals surface area contributed by atoms with E-state index in [-0.39, 0.29) is 17.8 Å². The Balaban J connectivity index is 1.62. The number of hydrogen-bond acceptors (Lipinski definition) is 4. The molecule has 5 rings (SSSR count). The summed E-state index contributed by atoms with van der Waals surface area (Å²) in [4.78, 5) is 17.0. The highest BCUT2D eigenvalue weighted by molar-refractivity contribution is 6.20. The number of H-pyrrole nitrogens is 2. The Morgan fingerprint density at radius 1 is 1.13 bits per heavy atom. The van der Waals surface area contributed by atoms with Gasteiger partial charge in [-0.1, -0.05) is 26.0 Å². The fourth-order valence-electron chi connectivity index (χ4n) is 4.34. The third-order valence-corrected chi connectivity index (χ3v) is 5.94. The Morgan fingerprint density at radius 3 is 2.77 bits per heavy atom. The molecule has 0 unspecified atom stereocenters. The van der Waals surface area contributed by atoms with Crippen LogP contribution >= 0.6 is 0 Å². The highest BCUT2D eigenvalue weighted by atomic mass is 16.5. The lowest BCUT2D eigenvalue weighted by atomic mass is 9.71. The van der Waals surface area contributed by atoms with Gasteiger partial charge in [0.25, 0.3) is 0 Å². The summed E-state index contributed by atoms with van der Waals surface area (Å²) in [6, 6.07) is 13.6. The number of aliphatic hydroxyl groups is 1. The number of fused-ring (bicyclic) bond motifs is 4. The van der Waals surface area contributed by atoms with Crippen LogP contribution in [-0.2, 0) is 5.41 Å². The van der Waals surface area contributed by atoms with Crippen LogP contribution in [0.15, 0.2) is 48.7 Å². The number of nitrogens with zero attached hydrogens (tertiary/aromatic N) is 1. The smallest absolute Gasteiger partial charge is 0.195 e. The second-order valence-electron chi connectivity index (χ2n) is 8.19. The Morgan fingerprint density at radius 2 is 2.00 bits per heavy atom. The summed E-state index contributed by atoms with van der Waals surface area (Å²) in [6.07, 6.45) is 2.30. The topological polar surface area (TPSA) is 91.0 Å². The molecule has 3 N–H and O–H groups in total. The first-order valence-corrected chi connectivity index (χ1v) is 10.1. The Hall–Kier alpha value is -3.38. The fraction of sp³-hybridized carbons (Fsp3) is 0.250. The Kier molecular flexibility index (Phi) is 4.25. The van der Waals surface area contributed by atoms with E-state index in [0.29, 0.717) is 24.3 Å².